The van der Waals surface area contributed by atoms with Gasteiger partial charge in [-0.1, -0.05) is 43.8 Å². The van der Waals surface area contributed by atoms with E-state index in [4.69, 9.17) is 0 Å². The molecule has 23 heavy (non-hydrogen) atoms. The van der Waals surface area contributed by atoms with E-state index in [0.29, 0.717) is 19.0 Å². The molecule has 0 radical (unpaired) electrons. The van der Waals surface area contributed by atoms with Crippen LogP contribution in [0.25, 0.3) is 0 Å². The van der Waals surface area contributed by atoms with E-state index < -0.39 is 0 Å². The number of aromatic nitrogens is 2. The van der Waals surface area contributed by atoms with Crippen molar-refractivity contribution in [2.75, 3.05) is 13.1 Å². The largest absolute Gasteiger partial charge is 0.344 e. The van der Waals surface area contributed by atoms with Crippen molar-refractivity contribution in [1.29, 1.82) is 0 Å². The maximum Gasteiger partial charge on any atom is 0.344 e. The van der Waals surface area contributed by atoms with Crippen molar-refractivity contribution in [1.82, 2.24) is 14.7 Å². The van der Waals surface area contributed by atoms with Crippen molar-refractivity contribution in [2.24, 2.45) is 0 Å². The molecule has 0 aliphatic carbocycles. The molecule has 2 rings (SSSR count). The monoisotopic (exact) mass is 331 g/mol. The van der Waals surface area contributed by atoms with Crippen LogP contribution in [0.3, 0.4) is 0 Å². The number of hydrogen-bond acceptors (Lipinski definition) is 3. The Balaban J connectivity index is 2.25. The summed E-state index contributed by atoms with van der Waals surface area (Å²) in [5.74, 6) is 0.455. The average molecular weight is 331 g/mol. The van der Waals surface area contributed by atoms with Gasteiger partial charge in [-0.3, -0.25) is 0 Å². The molecule has 2 aromatic rings. The number of carbonyl (C=O) groups is 1. The van der Waals surface area contributed by atoms with Gasteiger partial charge in [0, 0.05) is 24.2 Å². The van der Waals surface area contributed by atoms with E-state index >= 15 is 0 Å². The van der Waals surface area contributed by atoms with Crippen LogP contribution >= 0.6 is 11.8 Å². The molecular formula is C18H25N3OS. The Morgan fingerprint density at radius 1 is 1.26 bits per heavy atom. The lowest BCUT2D eigenvalue weighted by atomic mass is 10.0. The minimum absolute atomic E-state index is 0.0734. The van der Waals surface area contributed by atoms with Gasteiger partial charge in [0.15, 0.2) is 0 Å². The molecule has 0 saturated heterocycles. The summed E-state index contributed by atoms with van der Waals surface area (Å²) in [4.78, 5) is 15.3. The highest BCUT2D eigenvalue weighted by Crippen LogP contribution is 2.35. The lowest BCUT2D eigenvalue weighted by molar-refractivity contribution is 0.201. The Bertz CT molecular complexity index is 675. The quantitative estimate of drug-likeness (QED) is 0.791. The van der Waals surface area contributed by atoms with Crippen LogP contribution in [0, 0.1) is 6.92 Å². The van der Waals surface area contributed by atoms with Crippen LogP contribution < -0.4 is 0 Å². The third-order valence-electron chi connectivity index (χ3n) is 3.87. The Morgan fingerprint density at radius 3 is 2.57 bits per heavy atom. The summed E-state index contributed by atoms with van der Waals surface area (Å²) in [6, 6.07) is 8.21. The zero-order valence-electron chi connectivity index (χ0n) is 14.5. The van der Waals surface area contributed by atoms with E-state index in [1.807, 2.05) is 19.9 Å². The van der Waals surface area contributed by atoms with Crippen molar-refractivity contribution in [3.05, 3.63) is 41.6 Å². The molecule has 0 aliphatic rings. The van der Waals surface area contributed by atoms with E-state index in [1.165, 1.54) is 20.7 Å². The summed E-state index contributed by atoms with van der Waals surface area (Å²) < 4.78 is 1.43. The number of nitrogens with zero attached hydrogens (tertiary/aromatic N) is 3. The highest BCUT2D eigenvalue weighted by atomic mass is 32.2. The zero-order valence-corrected chi connectivity index (χ0v) is 15.4. The van der Waals surface area contributed by atoms with Gasteiger partial charge in [-0.05, 0) is 43.9 Å². The Morgan fingerprint density at radius 2 is 1.96 bits per heavy atom. The van der Waals surface area contributed by atoms with Gasteiger partial charge in [0.2, 0.25) is 0 Å². The van der Waals surface area contributed by atoms with Crippen LogP contribution in [-0.2, 0) is 0 Å². The maximum absolute atomic E-state index is 12.3. The van der Waals surface area contributed by atoms with E-state index in [2.05, 4.69) is 44.1 Å². The van der Waals surface area contributed by atoms with Crippen LogP contribution in [0.15, 0.2) is 40.4 Å². The SMILES string of the molecule is CCN(CC)C(=O)n1ccc(Sc2c(C)cccc2C(C)C)n1. The van der Waals surface area contributed by atoms with E-state index in [1.54, 1.807) is 22.9 Å². The van der Waals surface area contributed by atoms with Crippen molar-refractivity contribution in [2.45, 2.75) is 50.5 Å². The molecule has 1 aromatic carbocycles. The molecular weight excluding hydrogens is 306 g/mol. The smallest absolute Gasteiger partial charge is 0.323 e. The minimum atomic E-state index is -0.0734. The molecule has 0 aliphatic heterocycles. The van der Waals surface area contributed by atoms with Gasteiger partial charge >= 0.3 is 6.03 Å². The predicted molar refractivity (Wildman–Crippen MR) is 95.3 cm³/mol. The lowest BCUT2D eigenvalue weighted by Crippen LogP contribution is -2.34. The fourth-order valence-electron chi connectivity index (χ4n) is 2.48. The summed E-state index contributed by atoms with van der Waals surface area (Å²) in [6.07, 6.45) is 1.75. The fourth-order valence-corrected chi connectivity index (χ4v) is 3.60. The van der Waals surface area contributed by atoms with Gasteiger partial charge in [-0.15, -0.1) is 0 Å². The predicted octanol–water partition coefficient (Wildman–Crippen LogP) is 4.78. The lowest BCUT2D eigenvalue weighted by Gasteiger charge is -2.17. The van der Waals surface area contributed by atoms with Crippen LogP contribution in [0.5, 0.6) is 0 Å². The summed E-state index contributed by atoms with van der Waals surface area (Å²) in [6.45, 7) is 11.8. The van der Waals surface area contributed by atoms with Crippen molar-refractivity contribution < 1.29 is 4.79 Å². The van der Waals surface area contributed by atoms with Gasteiger partial charge in [-0.25, -0.2) is 4.79 Å². The molecule has 0 fully saturated rings. The first-order valence-corrected chi connectivity index (χ1v) is 8.91. The molecule has 0 N–H and O–H groups in total. The second kappa shape index (κ2) is 7.68. The molecule has 5 heteroatoms. The number of hydrogen-bond donors (Lipinski definition) is 0. The normalized spacial score (nSPS) is 11.0. The molecule has 0 atom stereocenters. The van der Waals surface area contributed by atoms with Crippen LogP contribution in [-0.4, -0.2) is 33.8 Å². The van der Waals surface area contributed by atoms with Gasteiger partial charge < -0.3 is 4.90 Å². The van der Waals surface area contributed by atoms with E-state index in [9.17, 15) is 4.79 Å². The Labute approximate surface area is 142 Å². The van der Waals surface area contributed by atoms with E-state index in [-0.39, 0.29) is 6.03 Å². The van der Waals surface area contributed by atoms with Crippen LogP contribution in [0.4, 0.5) is 4.79 Å². The van der Waals surface area contributed by atoms with Crippen LogP contribution in [0.1, 0.15) is 44.7 Å². The molecule has 0 saturated carbocycles. The third-order valence-corrected chi connectivity index (χ3v) is 5.05. The first-order chi connectivity index (χ1) is 11.0. The number of benzene rings is 1. The minimum Gasteiger partial charge on any atom is -0.323 e. The number of amides is 1. The Hall–Kier alpha value is -1.75. The van der Waals surface area contributed by atoms with Crippen molar-refractivity contribution >= 4 is 17.8 Å². The maximum atomic E-state index is 12.3. The molecule has 0 spiro atoms. The van der Waals surface area contributed by atoms with Crippen molar-refractivity contribution in [3.8, 4) is 0 Å². The topological polar surface area (TPSA) is 38.1 Å². The van der Waals surface area contributed by atoms with Gasteiger partial charge in [0.25, 0.3) is 0 Å². The summed E-state index contributed by atoms with van der Waals surface area (Å²) in [7, 11) is 0. The van der Waals surface area contributed by atoms with Gasteiger partial charge in [0.05, 0.1) is 0 Å². The molecule has 4 nitrogen and oxygen atoms in total. The number of rotatable bonds is 5. The highest BCUT2D eigenvalue weighted by molar-refractivity contribution is 7.99. The van der Waals surface area contributed by atoms with Crippen molar-refractivity contribution in [3.63, 3.8) is 0 Å². The molecule has 1 heterocycles. The van der Waals surface area contributed by atoms with Crippen LogP contribution in [0.2, 0.25) is 0 Å². The average Bonchev–Trinajstić information content (AvgIpc) is 2.98. The molecule has 1 aromatic heterocycles. The molecule has 0 bridgehead atoms. The second-order valence-electron chi connectivity index (χ2n) is 5.80. The first kappa shape index (κ1) is 17.6. The molecule has 1 amide bonds. The second-order valence-corrected chi connectivity index (χ2v) is 6.83. The third kappa shape index (κ3) is 3.96. The highest BCUT2D eigenvalue weighted by Gasteiger charge is 2.16. The summed E-state index contributed by atoms with van der Waals surface area (Å²) in [5, 5.41) is 5.30. The summed E-state index contributed by atoms with van der Waals surface area (Å²) >= 11 is 1.63. The summed E-state index contributed by atoms with van der Waals surface area (Å²) in [5.41, 5.74) is 2.56. The van der Waals surface area contributed by atoms with Gasteiger partial charge in [-0.2, -0.15) is 9.78 Å². The number of aryl methyl sites for hydroxylation is 1. The standard InChI is InChI=1S/C18H25N3OS/c1-6-20(7-2)18(22)21-12-11-16(19-21)23-17-14(5)9-8-10-15(17)13(3)4/h8-13H,6-7H2,1-5H3. The fraction of sp³-hybridized carbons (Fsp3) is 0.444. The number of carbonyl (C=O) groups excluding carboxylic acids is 1. The first-order valence-electron chi connectivity index (χ1n) is 8.10. The molecule has 0 unspecified atom stereocenters. The zero-order chi connectivity index (χ0) is 17.0. The van der Waals surface area contributed by atoms with Gasteiger partial charge in [0.1, 0.15) is 5.03 Å². The van der Waals surface area contributed by atoms with E-state index in [0.717, 1.165) is 5.03 Å². The Kier molecular flexibility index (Phi) is 5.88. The molecule has 124 valence electrons.